The van der Waals surface area contributed by atoms with Crippen molar-refractivity contribution in [3.8, 4) is 0 Å². The van der Waals surface area contributed by atoms with Gasteiger partial charge in [0.25, 0.3) is 0 Å². The molecule has 25 heavy (non-hydrogen) atoms. The van der Waals surface area contributed by atoms with E-state index >= 15 is 0 Å². The fourth-order valence-electron chi connectivity index (χ4n) is 3.76. The normalized spacial score (nSPS) is 23.0. The number of aliphatic imine (C=N–C) groups is 1. The quantitative estimate of drug-likeness (QED) is 0.468. The fourth-order valence-corrected chi connectivity index (χ4v) is 5.29. The summed E-state index contributed by atoms with van der Waals surface area (Å²) in [6, 6.07) is 0. The highest BCUT2D eigenvalue weighted by atomic mass is 32.2. The Hall–Kier alpha value is -0.860. The van der Waals surface area contributed by atoms with Crippen LogP contribution >= 0.6 is 0 Å². The predicted octanol–water partition coefficient (Wildman–Crippen LogP) is 1.17. The summed E-state index contributed by atoms with van der Waals surface area (Å²) < 4.78 is 30.5. The standard InChI is InChI=1S/C17H34N4O3S/c1-3-18-16(19-10-12-21-11-6-14-25(21,22)23)20-15-17(9-13-24-2)7-4-5-8-17/h3-15H2,1-2H3,(H2,18,19,20). The maximum absolute atomic E-state index is 11.8. The van der Waals surface area contributed by atoms with Crippen LogP contribution in [0.2, 0.25) is 0 Å². The molecule has 0 aromatic heterocycles. The maximum atomic E-state index is 11.8. The molecule has 0 bridgehead atoms. The van der Waals surface area contributed by atoms with Crippen LogP contribution in [0.4, 0.5) is 0 Å². The van der Waals surface area contributed by atoms with Crippen molar-refractivity contribution >= 4 is 16.0 Å². The topological polar surface area (TPSA) is 83.0 Å². The second-order valence-corrected chi connectivity index (χ2v) is 9.23. The van der Waals surface area contributed by atoms with Gasteiger partial charge in [-0.25, -0.2) is 12.7 Å². The van der Waals surface area contributed by atoms with Gasteiger partial charge in [-0.1, -0.05) is 12.8 Å². The third kappa shape index (κ3) is 6.11. The van der Waals surface area contributed by atoms with Gasteiger partial charge in [0.15, 0.2) is 5.96 Å². The fraction of sp³-hybridized carbons (Fsp3) is 0.941. The Morgan fingerprint density at radius 3 is 2.60 bits per heavy atom. The second-order valence-electron chi connectivity index (χ2n) is 7.14. The molecule has 0 aromatic rings. The van der Waals surface area contributed by atoms with Crippen molar-refractivity contribution in [1.82, 2.24) is 14.9 Å². The average molecular weight is 375 g/mol. The molecular formula is C17H34N4O3S. The summed E-state index contributed by atoms with van der Waals surface area (Å²) in [7, 11) is -1.27. The lowest BCUT2D eigenvalue weighted by Gasteiger charge is -2.27. The SMILES string of the molecule is CCNC(=NCC1(CCOC)CCCC1)NCCN1CCCS1(=O)=O. The zero-order valence-corrected chi connectivity index (χ0v) is 16.5. The van der Waals surface area contributed by atoms with Gasteiger partial charge in [0.1, 0.15) is 0 Å². The molecule has 7 nitrogen and oxygen atoms in total. The Kier molecular flexibility index (Phi) is 7.96. The zero-order valence-electron chi connectivity index (χ0n) is 15.7. The van der Waals surface area contributed by atoms with Crippen molar-refractivity contribution in [2.24, 2.45) is 10.4 Å². The number of nitrogens with one attached hydrogen (secondary N) is 2. The van der Waals surface area contributed by atoms with Gasteiger partial charge in [-0.15, -0.1) is 0 Å². The van der Waals surface area contributed by atoms with Gasteiger partial charge in [0, 0.05) is 46.4 Å². The van der Waals surface area contributed by atoms with Crippen LogP contribution in [0.1, 0.15) is 45.4 Å². The molecule has 0 spiro atoms. The van der Waals surface area contributed by atoms with E-state index in [0.717, 1.165) is 38.5 Å². The summed E-state index contributed by atoms with van der Waals surface area (Å²) >= 11 is 0. The number of rotatable bonds is 9. The van der Waals surface area contributed by atoms with E-state index in [2.05, 4.69) is 10.6 Å². The van der Waals surface area contributed by atoms with Crippen molar-refractivity contribution in [1.29, 1.82) is 0 Å². The Labute approximate surface area is 152 Å². The Morgan fingerprint density at radius 1 is 1.24 bits per heavy atom. The second kappa shape index (κ2) is 9.73. The molecular weight excluding hydrogens is 340 g/mol. The first-order chi connectivity index (χ1) is 12.0. The summed E-state index contributed by atoms with van der Waals surface area (Å²) in [5, 5.41) is 6.55. The summed E-state index contributed by atoms with van der Waals surface area (Å²) in [4.78, 5) is 4.79. The number of ether oxygens (including phenoxy) is 1. The Morgan fingerprint density at radius 2 is 2.00 bits per heavy atom. The highest BCUT2D eigenvalue weighted by Crippen LogP contribution is 2.41. The molecule has 2 rings (SSSR count). The molecule has 1 heterocycles. The van der Waals surface area contributed by atoms with Gasteiger partial charge in [0.05, 0.1) is 5.75 Å². The van der Waals surface area contributed by atoms with Crippen molar-refractivity contribution < 1.29 is 13.2 Å². The van der Waals surface area contributed by atoms with Crippen LogP contribution in [-0.2, 0) is 14.8 Å². The minimum absolute atomic E-state index is 0.261. The molecule has 1 saturated carbocycles. The van der Waals surface area contributed by atoms with Gasteiger partial charge in [-0.05, 0) is 38.0 Å². The number of hydrogen-bond acceptors (Lipinski definition) is 4. The number of hydrogen-bond donors (Lipinski definition) is 2. The van der Waals surface area contributed by atoms with E-state index in [-0.39, 0.29) is 11.2 Å². The monoisotopic (exact) mass is 374 g/mol. The van der Waals surface area contributed by atoms with E-state index in [1.54, 1.807) is 11.4 Å². The summed E-state index contributed by atoms with van der Waals surface area (Å²) in [6.45, 7) is 6.13. The number of sulfonamides is 1. The maximum Gasteiger partial charge on any atom is 0.214 e. The third-order valence-corrected chi connectivity index (χ3v) is 7.23. The highest BCUT2D eigenvalue weighted by molar-refractivity contribution is 7.89. The number of guanidine groups is 1. The van der Waals surface area contributed by atoms with Crippen LogP contribution in [0.3, 0.4) is 0 Å². The lowest BCUT2D eigenvalue weighted by molar-refractivity contribution is 0.141. The van der Waals surface area contributed by atoms with E-state index < -0.39 is 10.0 Å². The van der Waals surface area contributed by atoms with Crippen LogP contribution < -0.4 is 10.6 Å². The molecule has 0 unspecified atom stereocenters. The summed E-state index contributed by atoms with van der Waals surface area (Å²) in [5.74, 6) is 1.06. The molecule has 2 fully saturated rings. The zero-order chi connectivity index (χ0) is 18.2. The molecule has 1 aliphatic carbocycles. The van der Waals surface area contributed by atoms with Gasteiger partial charge in [-0.2, -0.15) is 0 Å². The number of methoxy groups -OCH3 is 1. The molecule has 0 aromatic carbocycles. The van der Waals surface area contributed by atoms with E-state index in [1.807, 2.05) is 6.92 Å². The van der Waals surface area contributed by atoms with Gasteiger partial charge >= 0.3 is 0 Å². The van der Waals surface area contributed by atoms with Crippen molar-refractivity contribution in [2.45, 2.75) is 45.4 Å². The minimum atomic E-state index is -3.02. The van der Waals surface area contributed by atoms with E-state index in [0.29, 0.717) is 19.6 Å². The molecule has 2 N–H and O–H groups in total. The lowest BCUT2D eigenvalue weighted by Crippen LogP contribution is -2.42. The van der Waals surface area contributed by atoms with Crippen LogP contribution in [0.25, 0.3) is 0 Å². The smallest absolute Gasteiger partial charge is 0.214 e. The predicted molar refractivity (Wildman–Crippen MR) is 101 cm³/mol. The molecule has 1 aliphatic heterocycles. The highest BCUT2D eigenvalue weighted by Gasteiger charge is 2.33. The Balaban J connectivity index is 1.86. The van der Waals surface area contributed by atoms with Crippen LogP contribution in [0.15, 0.2) is 4.99 Å². The van der Waals surface area contributed by atoms with Crippen LogP contribution in [-0.4, -0.2) is 70.9 Å². The van der Waals surface area contributed by atoms with Gasteiger partial charge in [0.2, 0.25) is 10.0 Å². The first kappa shape index (κ1) is 20.5. The molecule has 0 radical (unpaired) electrons. The third-order valence-electron chi connectivity index (χ3n) is 5.27. The molecule has 8 heteroatoms. The minimum Gasteiger partial charge on any atom is -0.385 e. The average Bonchev–Trinajstić information content (AvgIpc) is 3.18. The number of nitrogens with zero attached hydrogens (tertiary/aromatic N) is 2. The first-order valence-corrected chi connectivity index (χ1v) is 11.1. The van der Waals surface area contributed by atoms with E-state index in [4.69, 9.17) is 9.73 Å². The molecule has 2 aliphatic rings. The van der Waals surface area contributed by atoms with E-state index in [9.17, 15) is 8.42 Å². The van der Waals surface area contributed by atoms with Crippen LogP contribution in [0.5, 0.6) is 0 Å². The summed E-state index contributed by atoms with van der Waals surface area (Å²) in [6.07, 6.45) is 6.76. The van der Waals surface area contributed by atoms with Crippen molar-refractivity contribution in [2.75, 3.05) is 52.2 Å². The van der Waals surface area contributed by atoms with Crippen molar-refractivity contribution in [3.05, 3.63) is 0 Å². The van der Waals surface area contributed by atoms with Crippen LogP contribution in [0, 0.1) is 5.41 Å². The van der Waals surface area contributed by atoms with Gasteiger partial charge < -0.3 is 15.4 Å². The first-order valence-electron chi connectivity index (χ1n) is 9.50. The molecule has 1 saturated heterocycles. The van der Waals surface area contributed by atoms with Crippen molar-refractivity contribution in [3.63, 3.8) is 0 Å². The summed E-state index contributed by atoms with van der Waals surface area (Å²) in [5.41, 5.74) is 0.261. The lowest BCUT2D eigenvalue weighted by atomic mass is 9.83. The molecule has 146 valence electrons. The molecule has 0 amide bonds. The Bertz CT molecular complexity index is 530. The molecule has 0 atom stereocenters. The van der Waals surface area contributed by atoms with Gasteiger partial charge in [-0.3, -0.25) is 4.99 Å². The largest absolute Gasteiger partial charge is 0.385 e. The van der Waals surface area contributed by atoms with E-state index in [1.165, 1.54) is 25.7 Å².